The van der Waals surface area contributed by atoms with Crippen molar-refractivity contribution in [2.45, 2.75) is 23.8 Å². The molecule has 0 aromatic heterocycles. The molecule has 1 fully saturated rings. The minimum absolute atomic E-state index is 0.00634. The minimum atomic E-state index is -3.86. The van der Waals surface area contributed by atoms with E-state index in [0.717, 1.165) is 4.31 Å². The number of rotatable bonds is 3. The fourth-order valence-electron chi connectivity index (χ4n) is 2.08. The maximum absolute atomic E-state index is 12.5. The van der Waals surface area contributed by atoms with Crippen LogP contribution in [0.25, 0.3) is 0 Å². The molecule has 5 nitrogen and oxygen atoms in total. The van der Waals surface area contributed by atoms with Crippen molar-refractivity contribution in [2.75, 3.05) is 6.54 Å². The number of sulfonamides is 1. The van der Waals surface area contributed by atoms with Crippen molar-refractivity contribution in [3.8, 4) is 0 Å². The summed E-state index contributed by atoms with van der Waals surface area (Å²) in [5.74, 6) is -1.13. The molecule has 104 valence electrons. The average Bonchev–Trinajstić information content (AvgIpc) is 2.82. The topological polar surface area (TPSA) is 74.7 Å². The van der Waals surface area contributed by atoms with Crippen molar-refractivity contribution in [1.82, 2.24) is 4.31 Å². The van der Waals surface area contributed by atoms with E-state index in [1.165, 1.54) is 12.1 Å². The van der Waals surface area contributed by atoms with Crippen LogP contribution in [0.2, 0.25) is 5.02 Å². The van der Waals surface area contributed by atoms with Crippen LogP contribution >= 0.6 is 27.5 Å². The molecule has 0 unspecified atom stereocenters. The number of hydrogen-bond acceptors (Lipinski definition) is 3. The van der Waals surface area contributed by atoms with Gasteiger partial charge in [0.15, 0.2) is 0 Å². The second kappa shape index (κ2) is 5.40. The normalized spacial score (nSPS) is 20.6. The van der Waals surface area contributed by atoms with Gasteiger partial charge in [0.05, 0.1) is 14.4 Å². The molecule has 2 rings (SSSR count). The standard InChI is InChI=1S/C11H11BrClNO4S/c12-10-7(13)3-1-5-9(10)19(17,18)14-6-2-4-8(14)11(15)16/h1,3,5,8H,2,4,6H2,(H,15,16)/t8-/m1/s1. The van der Waals surface area contributed by atoms with E-state index in [2.05, 4.69) is 15.9 Å². The van der Waals surface area contributed by atoms with E-state index in [0.29, 0.717) is 12.8 Å². The maximum atomic E-state index is 12.5. The van der Waals surface area contributed by atoms with Gasteiger partial charge in [-0.2, -0.15) is 4.31 Å². The SMILES string of the molecule is O=C(O)[C@H]1CCCN1S(=O)(=O)c1cccc(Cl)c1Br. The van der Waals surface area contributed by atoms with E-state index >= 15 is 0 Å². The Balaban J connectivity index is 2.48. The van der Waals surface area contributed by atoms with E-state index < -0.39 is 22.0 Å². The molecule has 1 N–H and O–H groups in total. The molecule has 1 heterocycles. The molecule has 19 heavy (non-hydrogen) atoms. The number of hydrogen-bond donors (Lipinski definition) is 1. The fraction of sp³-hybridized carbons (Fsp3) is 0.364. The molecular weight excluding hydrogens is 358 g/mol. The van der Waals surface area contributed by atoms with Gasteiger partial charge in [-0.25, -0.2) is 8.42 Å². The van der Waals surface area contributed by atoms with Crippen LogP contribution in [0.1, 0.15) is 12.8 Å². The molecular formula is C11H11BrClNO4S. The molecule has 0 amide bonds. The van der Waals surface area contributed by atoms with Gasteiger partial charge in [0.1, 0.15) is 6.04 Å². The molecule has 1 aliphatic heterocycles. The summed E-state index contributed by atoms with van der Waals surface area (Å²) in [4.78, 5) is 11.1. The molecule has 0 aliphatic carbocycles. The van der Waals surface area contributed by atoms with Gasteiger partial charge in [0.25, 0.3) is 0 Å². The van der Waals surface area contributed by atoms with Gasteiger partial charge in [0, 0.05) is 6.54 Å². The van der Waals surface area contributed by atoms with Crippen LogP contribution < -0.4 is 0 Å². The molecule has 1 atom stereocenters. The molecule has 1 saturated heterocycles. The van der Waals surface area contributed by atoms with Crippen LogP contribution in [0.5, 0.6) is 0 Å². The third-order valence-electron chi connectivity index (χ3n) is 2.99. The highest BCUT2D eigenvalue weighted by Crippen LogP contribution is 2.34. The number of halogens is 2. The number of carboxylic acid groups (broad SMARTS) is 1. The highest BCUT2D eigenvalue weighted by atomic mass is 79.9. The lowest BCUT2D eigenvalue weighted by Crippen LogP contribution is -2.40. The summed E-state index contributed by atoms with van der Waals surface area (Å²) in [5.41, 5.74) is 0. The summed E-state index contributed by atoms with van der Waals surface area (Å²) < 4.78 is 26.3. The van der Waals surface area contributed by atoms with Gasteiger partial charge in [-0.1, -0.05) is 17.7 Å². The van der Waals surface area contributed by atoms with Crippen LogP contribution in [0, 0.1) is 0 Å². The summed E-state index contributed by atoms with van der Waals surface area (Å²) in [6.45, 7) is 0.207. The van der Waals surface area contributed by atoms with E-state index in [1.54, 1.807) is 6.07 Å². The molecule has 0 saturated carbocycles. The first-order valence-corrected chi connectivity index (χ1v) is 8.15. The first kappa shape index (κ1) is 14.8. The number of carbonyl (C=O) groups is 1. The number of nitrogens with zero attached hydrogens (tertiary/aromatic N) is 1. The van der Waals surface area contributed by atoms with Gasteiger partial charge in [0.2, 0.25) is 10.0 Å². The van der Waals surface area contributed by atoms with Crippen LogP contribution in [-0.2, 0) is 14.8 Å². The second-order valence-electron chi connectivity index (χ2n) is 4.16. The number of benzene rings is 1. The predicted molar refractivity (Wildman–Crippen MR) is 73.7 cm³/mol. The Morgan fingerprint density at radius 1 is 1.47 bits per heavy atom. The van der Waals surface area contributed by atoms with Crippen molar-refractivity contribution in [2.24, 2.45) is 0 Å². The third kappa shape index (κ3) is 2.65. The zero-order chi connectivity index (χ0) is 14.2. The lowest BCUT2D eigenvalue weighted by molar-refractivity contribution is -0.140. The third-order valence-corrected chi connectivity index (χ3v) is 6.60. The highest BCUT2D eigenvalue weighted by molar-refractivity contribution is 9.10. The Morgan fingerprint density at radius 3 is 2.79 bits per heavy atom. The average molecular weight is 369 g/mol. The Morgan fingerprint density at radius 2 is 2.16 bits per heavy atom. The van der Waals surface area contributed by atoms with E-state index in [1.807, 2.05) is 0 Å². The molecule has 1 aromatic rings. The Hall–Kier alpha value is -0.630. The Bertz CT molecular complexity index is 619. The van der Waals surface area contributed by atoms with E-state index in [4.69, 9.17) is 16.7 Å². The lowest BCUT2D eigenvalue weighted by atomic mass is 10.2. The number of carboxylic acids is 1. The zero-order valence-electron chi connectivity index (χ0n) is 9.71. The van der Waals surface area contributed by atoms with Crippen molar-refractivity contribution >= 4 is 43.5 Å². The van der Waals surface area contributed by atoms with Crippen molar-refractivity contribution in [3.63, 3.8) is 0 Å². The molecule has 0 radical (unpaired) electrons. The monoisotopic (exact) mass is 367 g/mol. The van der Waals surface area contributed by atoms with Gasteiger partial charge in [-0.3, -0.25) is 4.79 Å². The van der Waals surface area contributed by atoms with Gasteiger partial charge < -0.3 is 5.11 Å². The fourth-order valence-corrected chi connectivity index (χ4v) is 4.93. The zero-order valence-corrected chi connectivity index (χ0v) is 12.9. The molecule has 1 aromatic carbocycles. The van der Waals surface area contributed by atoms with E-state index in [9.17, 15) is 13.2 Å². The summed E-state index contributed by atoms with van der Waals surface area (Å²) in [7, 11) is -3.86. The van der Waals surface area contributed by atoms with Crippen LogP contribution in [-0.4, -0.2) is 36.4 Å². The summed E-state index contributed by atoms with van der Waals surface area (Å²) in [6, 6.07) is 3.48. The van der Waals surface area contributed by atoms with Crippen LogP contribution in [0.3, 0.4) is 0 Å². The first-order chi connectivity index (χ1) is 8.85. The van der Waals surface area contributed by atoms with E-state index in [-0.39, 0.29) is 20.9 Å². The second-order valence-corrected chi connectivity index (χ2v) is 7.22. The summed E-state index contributed by atoms with van der Waals surface area (Å²) >= 11 is 9.01. The van der Waals surface area contributed by atoms with Crippen molar-refractivity contribution in [1.29, 1.82) is 0 Å². The largest absolute Gasteiger partial charge is 0.480 e. The van der Waals surface area contributed by atoms with Crippen molar-refractivity contribution in [3.05, 3.63) is 27.7 Å². The van der Waals surface area contributed by atoms with Gasteiger partial charge in [-0.15, -0.1) is 0 Å². The molecule has 0 bridgehead atoms. The lowest BCUT2D eigenvalue weighted by Gasteiger charge is -2.21. The van der Waals surface area contributed by atoms with Crippen LogP contribution in [0.15, 0.2) is 27.6 Å². The summed E-state index contributed by atoms with van der Waals surface area (Å²) in [6.07, 6.45) is 0.862. The smallest absolute Gasteiger partial charge is 0.322 e. The Kier molecular flexibility index (Phi) is 4.20. The molecule has 1 aliphatic rings. The van der Waals surface area contributed by atoms with Gasteiger partial charge in [-0.05, 0) is 40.9 Å². The highest BCUT2D eigenvalue weighted by Gasteiger charge is 2.40. The molecule has 8 heteroatoms. The van der Waals surface area contributed by atoms with Crippen molar-refractivity contribution < 1.29 is 18.3 Å². The minimum Gasteiger partial charge on any atom is -0.480 e. The summed E-state index contributed by atoms with van der Waals surface area (Å²) in [5, 5.41) is 9.34. The predicted octanol–water partition coefficient (Wildman–Crippen LogP) is 2.34. The van der Waals surface area contributed by atoms with Crippen LogP contribution in [0.4, 0.5) is 0 Å². The Labute approximate surface area is 124 Å². The maximum Gasteiger partial charge on any atom is 0.322 e. The number of aliphatic carboxylic acids is 1. The molecule has 0 spiro atoms. The van der Waals surface area contributed by atoms with Gasteiger partial charge >= 0.3 is 5.97 Å². The quantitative estimate of drug-likeness (QED) is 0.888. The first-order valence-electron chi connectivity index (χ1n) is 5.54.